The molecule has 1 amide bonds. The Morgan fingerprint density at radius 3 is 2.63 bits per heavy atom. The van der Waals surface area contributed by atoms with Crippen molar-refractivity contribution < 1.29 is 19.4 Å². The van der Waals surface area contributed by atoms with Crippen LogP contribution in [0.2, 0.25) is 0 Å². The zero-order valence-corrected chi connectivity index (χ0v) is 11.2. The minimum absolute atomic E-state index is 0.0642. The third kappa shape index (κ3) is 6.22. The lowest BCUT2D eigenvalue weighted by Crippen LogP contribution is -2.39. The summed E-state index contributed by atoms with van der Waals surface area (Å²) >= 11 is 0. The molecular weight excluding hydrogens is 246 g/mol. The molecule has 0 fully saturated rings. The number of aliphatic hydroxyl groups is 1. The average Bonchev–Trinajstić information content (AvgIpc) is 2.37. The molecule has 106 valence electrons. The van der Waals surface area contributed by atoms with E-state index >= 15 is 0 Å². The van der Waals surface area contributed by atoms with Crippen LogP contribution in [0.4, 0.5) is 4.79 Å². The van der Waals surface area contributed by atoms with Crippen LogP contribution in [-0.4, -0.2) is 36.6 Å². The van der Waals surface area contributed by atoms with E-state index in [0.717, 1.165) is 12.0 Å². The van der Waals surface area contributed by atoms with Crippen LogP contribution < -0.4 is 5.73 Å². The second-order valence-corrected chi connectivity index (χ2v) is 4.63. The number of primary amides is 1. The van der Waals surface area contributed by atoms with Gasteiger partial charge in [-0.2, -0.15) is 0 Å². The number of aryl methyl sites for hydroxylation is 1. The van der Waals surface area contributed by atoms with Gasteiger partial charge in [-0.05, 0) is 25.3 Å². The molecule has 0 bridgehead atoms. The largest absolute Gasteiger partial charge is 0.441 e. The highest BCUT2D eigenvalue weighted by Gasteiger charge is 2.28. The van der Waals surface area contributed by atoms with E-state index in [1.807, 2.05) is 30.3 Å². The van der Waals surface area contributed by atoms with E-state index in [1.165, 1.54) is 0 Å². The van der Waals surface area contributed by atoms with Gasteiger partial charge in [-0.1, -0.05) is 30.3 Å². The summed E-state index contributed by atoms with van der Waals surface area (Å²) in [5.74, 6) is 0. The zero-order valence-electron chi connectivity index (χ0n) is 11.2. The van der Waals surface area contributed by atoms with E-state index in [0.29, 0.717) is 6.42 Å². The molecule has 3 N–H and O–H groups in total. The second kappa shape index (κ2) is 7.76. The average molecular weight is 267 g/mol. The van der Waals surface area contributed by atoms with E-state index in [1.54, 1.807) is 6.92 Å². The van der Waals surface area contributed by atoms with Crippen LogP contribution in [0, 0.1) is 0 Å². The summed E-state index contributed by atoms with van der Waals surface area (Å²) in [6.45, 7) is 2.13. The first-order valence-electron chi connectivity index (χ1n) is 6.27. The molecule has 0 saturated heterocycles. The van der Waals surface area contributed by atoms with Gasteiger partial charge < -0.3 is 20.3 Å². The van der Waals surface area contributed by atoms with E-state index in [4.69, 9.17) is 20.3 Å². The normalized spacial score (nSPS) is 13.8. The van der Waals surface area contributed by atoms with Gasteiger partial charge >= 0.3 is 6.09 Å². The number of carbonyl (C=O) groups excluding carboxylic acids is 1. The van der Waals surface area contributed by atoms with Crippen molar-refractivity contribution in [3.8, 4) is 0 Å². The fraction of sp³-hybridized carbons (Fsp3) is 0.500. The SMILES string of the molecule is CC(CCc1ccccc1)(COCCO)OC(N)=O. The van der Waals surface area contributed by atoms with Crippen molar-refractivity contribution in [3.63, 3.8) is 0 Å². The number of aliphatic hydroxyl groups excluding tert-OH is 1. The van der Waals surface area contributed by atoms with Crippen LogP contribution in [0.3, 0.4) is 0 Å². The first-order valence-corrected chi connectivity index (χ1v) is 6.27. The molecule has 1 unspecified atom stereocenters. The van der Waals surface area contributed by atoms with Gasteiger partial charge in [0.1, 0.15) is 5.60 Å². The van der Waals surface area contributed by atoms with E-state index in [2.05, 4.69) is 0 Å². The summed E-state index contributed by atoms with van der Waals surface area (Å²) in [6, 6.07) is 9.90. The Kier molecular flexibility index (Phi) is 6.32. The number of ether oxygens (including phenoxy) is 2. The number of rotatable bonds is 8. The summed E-state index contributed by atoms with van der Waals surface area (Å²) in [4.78, 5) is 11.0. The van der Waals surface area contributed by atoms with Gasteiger partial charge in [-0.15, -0.1) is 0 Å². The number of carbonyl (C=O) groups is 1. The molecule has 0 aliphatic rings. The topological polar surface area (TPSA) is 81.8 Å². The first kappa shape index (κ1) is 15.5. The molecule has 0 aromatic heterocycles. The van der Waals surface area contributed by atoms with Crippen molar-refractivity contribution in [3.05, 3.63) is 35.9 Å². The van der Waals surface area contributed by atoms with Crippen LogP contribution in [0.5, 0.6) is 0 Å². The highest BCUT2D eigenvalue weighted by molar-refractivity contribution is 5.65. The van der Waals surface area contributed by atoms with Crippen molar-refractivity contribution >= 4 is 6.09 Å². The summed E-state index contributed by atoms with van der Waals surface area (Å²) < 4.78 is 10.4. The zero-order chi connectivity index (χ0) is 14.1. The summed E-state index contributed by atoms with van der Waals surface area (Å²) in [5, 5.41) is 8.70. The molecule has 5 heteroatoms. The Morgan fingerprint density at radius 1 is 1.37 bits per heavy atom. The Hall–Kier alpha value is -1.59. The Balaban J connectivity index is 2.55. The molecule has 0 aliphatic carbocycles. The maximum absolute atomic E-state index is 11.0. The molecule has 19 heavy (non-hydrogen) atoms. The van der Waals surface area contributed by atoms with Crippen molar-refractivity contribution in [2.75, 3.05) is 19.8 Å². The van der Waals surface area contributed by atoms with Crippen LogP contribution in [0.15, 0.2) is 30.3 Å². The smallest absolute Gasteiger partial charge is 0.405 e. The van der Waals surface area contributed by atoms with Gasteiger partial charge in [-0.25, -0.2) is 4.79 Å². The molecule has 1 aromatic rings. The van der Waals surface area contributed by atoms with Gasteiger partial charge in [0.05, 0.1) is 19.8 Å². The molecule has 0 saturated carbocycles. The highest BCUT2D eigenvalue weighted by atomic mass is 16.6. The van der Waals surface area contributed by atoms with Crippen LogP contribution >= 0.6 is 0 Å². The summed E-state index contributed by atoms with van der Waals surface area (Å²) in [5.41, 5.74) is 5.46. The number of hydrogen-bond donors (Lipinski definition) is 2. The molecule has 0 radical (unpaired) electrons. The second-order valence-electron chi connectivity index (χ2n) is 4.63. The van der Waals surface area contributed by atoms with Crippen molar-refractivity contribution in [2.45, 2.75) is 25.4 Å². The lowest BCUT2D eigenvalue weighted by Gasteiger charge is -2.28. The van der Waals surface area contributed by atoms with Crippen LogP contribution in [0.25, 0.3) is 0 Å². The molecule has 5 nitrogen and oxygen atoms in total. The maximum Gasteiger partial charge on any atom is 0.405 e. The minimum atomic E-state index is -0.817. The predicted molar refractivity (Wildman–Crippen MR) is 71.7 cm³/mol. The molecule has 0 spiro atoms. The van der Waals surface area contributed by atoms with Crippen molar-refractivity contribution in [1.82, 2.24) is 0 Å². The Bertz CT molecular complexity index is 382. The molecule has 1 aromatic carbocycles. The third-order valence-electron chi connectivity index (χ3n) is 2.78. The molecule has 0 heterocycles. The third-order valence-corrected chi connectivity index (χ3v) is 2.78. The number of benzene rings is 1. The van der Waals surface area contributed by atoms with Crippen LogP contribution in [-0.2, 0) is 15.9 Å². The number of nitrogens with two attached hydrogens (primary N) is 1. The first-order chi connectivity index (χ1) is 9.06. The highest BCUT2D eigenvalue weighted by Crippen LogP contribution is 2.19. The summed E-state index contributed by atoms with van der Waals surface area (Å²) in [6.07, 6.45) is 0.543. The van der Waals surface area contributed by atoms with Gasteiger partial charge in [-0.3, -0.25) is 0 Å². The van der Waals surface area contributed by atoms with Crippen molar-refractivity contribution in [2.24, 2.45) is 5.73 Å². The van der Waals surface area contributed by atoms with Crippen molar-refractivity contribution in [1.29, 1.82) is 0 Å². The fourth-order valence-electron chi connectivity index (χ4n) is 1.80. The van der Waals surface area contributed by atoms with Gasteiger partial charge in [0.2, 0.25) is 0 Å². The number of hydrogen-bond acceptors (Lipinski definition) is 4. The quantitative estimate of drug-likeness (QED) is 0.699. The monoisotopic (exact) mass is 267 g/mol. The standard InChI is InChI=1S/C14H21NO4/c1-14(19-13(15)17,11-18-10-9-16)8-7-12-5-3-2-4-6-12/h2-6,16H,7-11H2,1H3,(H2,15,17). The van der Waals surface area contributed by atoms with Gasteiger partial charge in [0.25, 0.3) is 0 Å². The summed E-state index contributed by atoms with van der Waals surface area (Å²) in [7, 11) is 0. The van der Waals surface area contributed by atoms with E-state index < -0.39 is 11.7 Å². The van der Waals surface area contributed by atoms with Crippen LogP contribution in [0.1, 0.15) is 18.9 Å². The molecular formula is C14H21NO4. The lowest BCUT2D eigenvalue weighted by molar-refractivity contribution is -0.0516. The van der Waals surface area contributed by atoms with E-state index in [-0.39, 0.29) is 19.8 Å². The molecule has 0 aliphatic heterocycles. The Labute approximate surface area is 113 Å². The fourth-order valence-corrected chi connectivity index (χ4v) is 1.80. The lowest BCUT2D eigenvalue weighted by atomic mass is 9.97. The maximum atomic E-state index is 11.0. The molecule has 1 atom stereocenters. The Morgan fingerprint density at radius 2 is 2.05 bits per heavy atom. The number of amides is 1. The van der Waals surface area contributed by atoms with Gasteiger partial charge in [0.15, 0.2) is 0 Å². The minimum Gasteiger partial charge on any atom is -0.441 e. The molecule has 1 rings (SSSR count). The predicted octanol–water partition coefficient (Wildman–Crippen LogP) is 1.48. The van der Waals surface area contributed by atoms with E-state index in [9.17, 15) is 4.79 Å². The van der Waals surface area contributed by atoms with Gasteiger partial charge in [0, 0.05) is 0 Å².